The van der Waals surface area contributed by atoms with E-state index in [4.69, 9.17) is 4.74 Å². The van der Waals surface area contributed by atoms with E-state index in [1.54, 1.807) is 12.1 Å². The maximum atomic E-state index is 13.8. The molecule has 0 aromatic heterocycles. The van der Waals surface area contributed by atoms with E-state index in [9.17, 15) is 4.39 Å². The Hall–Kier alpha value is -2.35. The largest absolute Gasteiger partial charge is 0.493 e. The van der Waals surface area contributed by atoms with E-state index >= 15 is 0 Å². The smallest absolute Gasteiger partial charge is 0.130 e. The topological polar surface area (TPSA) is 9.23 Å². The van der Waals surface area contributed by atoms with E-state index < -0.39 is 0 Å². The van der Waals surface area contributed by atoms with Crippen molar-refractivity contribution in [2.24, 2.45) is 0 Å². The molecular weight excluding hydrogens is 287 g/mol. The van der Waals surface area contributed by atoms with Crippen molar-refractivity contribution in [3.63, 3.8) is 0 Å². The lowest BCUT2D eigenvalue weighted by Crippen LogP contribution is -2.10. The Morgan fingerprint density at radius 1 is 0.957 bits per heavy atom. The first-order chi connectivity index (χ1) is 11.2. The van der Waals surface area contributed by atoms with E-state index in [0.717, 1.165) is 42.8 Å². The summed E-state index contributed by atoms with van der Waals surface area (Å²) in [5.41, 5.74) is 4.89. The van der Waals surface area contributed by atoms with Crippen LogP contribution in [0.3, 0.4) is 0 Å². The van der Waals surface area contributed by atoms with Gasteiger partial charge in [0, 0.05) is 11.1 Å². The molecule has 0 atom stereocenters. The summed E-state index contributed by atoms with van der Waals surface area (Å²) >= 11 is 0. The van der Waals surface area contributed by atoms with Gasteiger partial charge in [0.2, 0.25) is 0 Å². The molecule has 1 nitrogen and oxygen atoms in total. The van der Waals surface area contributed by atoms with Crippen molar-refractivity contribution >= 4 is 11.1 Å². The van der Waals surface area contributed by atoms with Crippen LogP contribution in [0.2, 0.25) is 0 Å². The molecule has 0 saturated carbocycles. The molecule has 2 aromatic rings. The van der Waals surface area contributed by atoms with E-state index in [0.29, 0.717) is 12.0 Å². The Bertz CT molecular complexity index is 745. The van der Waals surface area contributed by atoms with Gasteiger partial charge in [0.15, 0.2) is 0 Å². The van der Waals surface area contributed by atoms with Gasteiger partial charge in [0.1, 0.15) is 11.6 Å². The van der Waals surface area contributed by atoms with Gasteiger partial charge in [0.25, 0.3) is 0 Å². The third kappa shape index (κ3) is 3.37. The molecule has 118 valence electrons. The highest BCUT2D eigenvalue weighted by atomic mass is 19.1. The Morgan fingerprint density at radius 2 is 1.65 bits per heavy atom. The fraction of sp³-hybridized carbons (Fsp3) is 0.238. The van der Waals surface area contributed by atoms with Gasteiger partial charge in [-0.05, 0) is 54.5 Å². The Kier molecular flexibility index (Phi) is 4.61. The fourth-order valence-electron chi connectivity index (χ4n) is 3.04. The minimum absolute atomic E-state index is 0.214. The van der Waals surface area contributed by atoms with Crippen LogP contribution in [0.1, 0.15) is 36.0 Å². The summed E-state index contributed by atoms with van der Waals surface area (Å²) in [6, 6.07) is 12.9. The van der Waals surface area contributed by atoms with Gasteiger partial charge in [-0.1, -0.05) is 43.5 Å². The monoisotopic (exact) mass is 308 g/mol. The van der Waals surface area contributed by atoms with Crippen LogP contribution in [0.25, 0.3) is 11.1 Å². The molecule has 1 aliphatic rings. The number of ether oxygens (including phenoxy) is 1. The Labute approximate surface area is 137 Å². The van der Waals surface area contributed by atoms with Crippen molar-refractivity contribution in [3.8, 4) is 5.75 Å². The van der Waals surface area contributed by atoms with Crippen LogP contribution in [0, 0.1) is 5.82 Å². The number of halogens is 1. The molecule has 23 heavy (non-hydrogen) atoms. The normalized spacial score (nSPS) is 13.1. The zero-order valence-corrected chi connectivity index (χ0v) is 13.3. The average Bonchev–Trinajstić information content (AvgIpc) is 2.59. The first-order valence-corrected chi connectivity index (χ1v) is 8.02. The van der Waals surface area contributed by atoms with Gasteiger partial charge in [0.05, 0.1) is 6.61 Å². The quantitative estimate of drug-likeness (QED) is 0.692. The summed E-state index contributed by atoms with van der Waals surface area (Å²) in [5, 5.41) is 0. The molecule has 3 rings (SSSR count). The molecule has 0 fully saturated rings. The molecule has 0 amide bonds. The molecule has 2 aromatic carbocycles. The highest BCUT2D eigenvalue weighted by Crippen LogP contribution is 2.34. The second-order valence-corrected chi connectivity index (χ2v) is 5.92. The number of allylic oxidation sites excluding steroid dienone is 2. The van der Waals surface area contributed by atoms with Gasteiger partial charge < -0.3 is 4.74 Å². The number of hydrogen-bond acceptors (Lipinski definition) is 1. The first-order valence-electron chi connectivity index (χ1n) is 8.02. The van der Waals surface area contributed by atoms with Gasteiger partial charge in [-0.15, -0.1) is 0 Å². The number of hydrogen-bond donors (Lipinski definition) is 0. The van der Waals surface area contributed by atoms with E-state index in [2.05, 4.69) is 19.2 Å². The molecule has 0 spiro atoms. The zero-order valence-electron chi connectivity index (χ0n) is 13.3. The molecule has 0 radical (unpaired) electrons. The van der Waals surface area contributed by atoms with E-state index in [-0.39, 0.29) is 5.82 Å². The van der Waals surface area contributed by atoms with Crippen LogP contribution in [0.15, 0.2) is 55.6 Å². The minimum atomic E-state index is -0.214. The van der Waals surface area contributed by atoms with Crippen molar-refractivity contribution in [1.82, 2.24) is 0 Å². The van der Waals surface area contributed by atoms with Crippen LogP contribution in [-0.4, -0.2) is 6.61 Å². The van der Waals surface area contributed by atoms with Gasteiger partial charge in [-0.25, -0.2) is 4.39 Å². The second kappa shape index (κ2) is 6.82. The highest BCUT2D eigenvalue weighted by Gasteiger charge is 2.16. The number of fused-ring (bicyclic) bond motifs is 1. The van der Waals surface area contributed by atoms with Crippen LogP contribution < -0.4 is 4.74 Å². The SMILES string of the molecule is C=C(CCC(=C)c1cccc2c1CCCO2)c1ccccc1F. The predicted octanol–water partition coefficient (Wildman–Crippen LogP) is 5.66. The van der Waals surface area contributed by atoms with Gasteiger partial charge in [-0.3, -0.25) is 0 Å². The van der Waals surface area contributed by atoms with Crippen LogP contribution in [0.5, 0.6) is 5.75 Å². The number of benzene rings is 2. The summed E-state index contributed by atoms with van der Waals surface area (Å²) in [7, 11) is 0. The van der Waals surface area contributed by atoms with Crippen molar-refractivity contribution in [2.75, 3.05) is 6.61 Å². The third-order valence-corrected chi connectivity index (χ3v) is 4.33. The summed E-state index contributed by atoms with van der Waals surface area (Å²) in [6.45, 7) is 9.05. The summed E-state index contributed by atoms with van der Waals surface area (Å²) in [4.78, 5) is 0. The Balaban J connectivity index is 1.71. The average molecular weight is 308 g/mol. The first kappa shape index (κ1) is 15.5. The lowest BCUT2D eigenvalue weighted by Gasteiger charge is -2.21. The lowest BCUT2D eigenvalue weighted by molar-refractivity contribution is 0.288. The molecule has 0 bridgehead atoms. The zero-order chi connectivity index (χ0) is 16.2. The van der Waals surface area contributed by atoms with Crippen molar-refractivity contribution in [1.29, 1.82) is 0 Å². The maximum absolute atomic E-state index is 13.8. The Morgan fingerprint density at radius 3 is 2.43 bits per heavy atom. The molecule has 0 saturated heterocycles. The third-order valence-electron chi connectivity index (χ3n) is 4.33. The molecule has 0 N–H and O–H groups in total. The molecule has 0 aliphatic carbocycles. The van der Waals surface area contributed by atoms with Crippen LogP contribution >= 0.6 is 0 Å². The maximum Gasteiger partial charge on any atom is 0.130 e. The molecule has 1 heterocycles. The molecular formula is C21H21FO. The fourth-order valence-corrected chi connectivity index (χ4v) is 3.04. The number of rotatable bonds is 5. The lowest BCUT2D eigenvalue weighted by atomic mass is 9.91. The van der Waals surface area contributed by atoms with Crippen LogP contribution in [-0.2, 0) is 6.42 Å². The standard InChI is InChI=1S/C21H21FO/c1-15(12-13-16(2)18-7-3-4-10-20(18)22)17-8-5-11-21-19(17)9-6-14-23-21/h3-5,7-8,10-11H,1-2,6,9,12-14H2. The van der Waals surface area contributed by atoms with Crippen molar-refractivity contribution in [2.45, 2.75) is 25.7 Å². The summed E-state index contributed by atoms with van der Waals surface area (Å²) in [6.07, 6.45) is 3.53. The van der Waals surface area contributed by atoms with E-state index in [1.807, 2.05) is 18.2 Å². The predicted molar refractivity (Wildman–Crippen MR) is 94.0 cm³/mol. The second-order valence-electron chi connectivity index (χ2n) is 5.92. The summed E-state index contributed by atoms with van der Waals surface area (Å²) < 4.78 is 19.5. The van der Waals surface area contributed by atoms with Crippen LogP contribution in [0.4, 0.5) is 4.39 Å². The van der Waals surface area contributed by atoms with Crippen molar-refractivity contribution < 1.29 is 9.13 Å². The van der Waals surface area contributed by atoms with Gasteiger partial charge in [-0.2, -0.15) is 0 Å². The molecule has 1 aliphatic heterocycles. The minimum Gasteiger partial charge on any atom is -0.493 e. The van der Waals surface area contributed by atoms with E-state index in [1.165, 1.54) is 17.2 Å². The molecule has 2 heteroatoms. The van der Waals surface area contributed by atoms with Gasteiger partial charge >= 0.3 is 0 Å². The highest BCUT2D eigenvalue weighted by molar-refractivity contribution is 5.72. The van der Waals surface area contributed by atoms with Crippen molar-refractivity contribution in [3.05, 3.63) is 78.1 Å². The molecule has 0 unspecified atom stereocenters. The summed E-state index contributed by atoms with van der Waals surface area (Å²) in [5.74, 6) is 0.761.